The minimum Gasteiger partial charge on any atom is -0.454 e. The largest absolute Gasteiger partial charge is 0.454 e. The first-order valence-corrected chi connectivity index (χ1v) is 7.17. The topological polar surface area (TPSA) is 47.6 Å². The monoisotopic (exact) mass is 279 g/mol. The van der Waals surface area contributed by atoms with Gasteiger partial charge in [0.15, 0.2) is 18.0 Å². The van der Waals surface area contributed by atoms with Crippen LogP contribution in [-0.4, -0.2) is 43.4 Å². The van der Waals surface area contributed by atoms with E-state index in [2.05, 4.69) is 26.1 Å². The van der Waals surface area contributed by atoms with Gasteiger partial charge in [-0.25, -0.2) is 0 Å². The van der Waals surface area contributed by atoms with E-state index >= 15 is 0 Å². The average molecular weight is 279 g/mol. The lowest BCUT2D eigenvalue weighted by atomic mass is 10.2. The summed E-state index contributed by atoms with van der Waals surface area (Å²) >= 11 is 0. The smallest absolute Gasteiger partial charge is 0.279 e. The number of nitrogens with zero attached hydrogens (tertiary/aromatic N) is 1. The molecule has 0 spiro atoms. The third kappa shape index (κ3) is 3.04. The van der Waals surface area contributed by atoms with Gasteiger partial charge in [-0.05, 0) is 32.9 Å². The molecule has 1 aromatic carbocycles. The van der Waals surface area contributed by atoms with Crippen LogP contribution in [0.2, 0.25) is 0 Å². The van der Waals surface area contributed by atoms with Crippen LogP contribution in [0.25, 0.3) is 0 Å². The molecule has 1 heterocycles. The molecule has 1 aliphatic rings. The van der Waals surface area contributed by atoms with Gasteiger partial charge in [0.05, 0.1) is 19.6 Å². The molecule has 1 amide bonds. The minimum atomic E-state index is 0.0365. The first-order valence-electron chi connectivity index (χ1n) is 7.17. The molecule has 1 aromatic rings. The fourth-order valence-electron chi connectivity index (χ4n) is 2.49. The van der Waals surface area contributed by atoms with Gasteiger partial charge in [0.25, 0.3) is 5.91 Å². The van der Waals surface area contributed by atoms with Gasteiger partial charge in [-0.15, -0.1) is 0 Å². The summed E-state index contributed by atoms with van der Waals surface area (Å²) in [7, 11) is 0. The van der Waals surface area contributed by atoms with Crippen LogP contribution < -0.4 is 14.8 Å². The second-order valence-electron chi connectivity index (χ2n) is 5.06. The molecule has 1 N–H and O–H groups in total. The number of likely N-dealkylation sites (N-methyl/N-ethyl adjacent to an activating group) is 1. The predicted octanol–water partition coefficient (Wildman–Crippen LogP) is 2.23. The Kier molecular flexibility index (Phi) is 4.49. The lowest BCUT2D eigenvalue weighted by Crippen LogP contribution is -2.51. The highest BCUT2D eigenvalue weighted by Crippen LogP contribution is 2.34. The molecule has 0 unspecified atom stereocenters. The number of carbonyl (C=O) groups excluding carboxylic acids is 1. The molecule has 20 heavy (non-hydrogen) atoms. The fraction of sp³-hybridized carbons (Fsp3) is 0.533. The summed E-state index contributed by atoms with van der Waals surface area (Å²) in [6.45, 7) is 10.00. The Hall–Kier alpha value is -1.75. The van der Waals surface area contributed by atoms with Crippen LogP contribution in [0.1, 0.15) is 20.8 Å². The number of nitrogens with one attached hydrogen (secondary N) is 1. The molecule has 0 atom stereocenters. The fourth-order valence-corrected chi connectivity index (χ4v) is 2.49. The number of quaternary nitrogens is 1. The molecular formula is C15H23N2O3+. The zero-order valence-electron chi connectivity index (χ0n) is 12.4. The van der Waals surface area contributed by atoms with Gasteiger partial charge in [-0.2, -0.15) is 0 Å². The summed E-state index contributed by atoms with van der Waals surface area (Å²) < 4.78 is 11.4. The van der Waals surface area contributed by atoms with Gasteiger partial charge in [-0.1, -0.05) is 0 Å². The summed E-state index contributed by atoms with van der Waals surface area (Å²) in [6.07, 6.45) is 0. The normalized spacial score (nSPS) is 13.3. The Morgan fingerprint density at radius 1 is 1.15 bits per heavy atom. The highest BCUT2D eigenvalue weighted by molar-refractivity contribution is 5.92. The summed E-state index contributed by atoms with van der Waals surface area (Å²) in [6, 6.07) is 5.46. The van der Waals surface area contributed by atoms with Crippen molar-refractivity contribution in [2.75, 3.05) is 38.3 Å². The first kappa shape index (κ1) is 14.7. The van der Waals surface area contributed by atoms with Crippen molar-refractivity contribution in [3.63, 3.8) is 0 Å². The van der Waals surface area contributed by atoms with Crippen LogP contribution in [0.15, 0.2) is 18.2 Å². The second-order valence-corrected chi connectivity index (χ2v) is 5.06. The first-order chi connectivity index (χ1) is 9.62. The molecular weight excluding hydrogens is 256 g/mol. The number of anilines is 1. The molecule has 0 fully saturated rings. The highest BCUT2D eigenvalue weighted by Gasteiger charge is 2.25. The maximum absolute atomic E-state index is 12.2. The molecule has 0 bridgehead atoms. The summed E-state index contributed by atoms with van der Waals surface area (Å²) in [4.78, 5) is 12.2. The van der Waals surface area contributed by atoms with Crippen LogP contribution >= 0.6 is 0 Å². The van der Waals surface area contributed by atoms with Gasteiger partial charge in [-0.3, -0.25) is 4.79 Å². The maximum atomic E-state index is 12.2. The third-order valence-corrected chi connectivity index (χ3v) is 4.15. The Morgan fingerprint density at radius 3 is 2.45 bits per heavy atom. The van der Waals surface area contributed by atoms with Gasteiger partial charge in [0.1, 0.15) is 0 Å². The number of amides is 1. The van der Waals surface area contributed by atoms with Gasteiger partial charge in [0, 0.05) is 11.8 Å². The molecule has 1 aliphatic heterocycles. The molecule has 0 radical (unpaired) electrons. The van der Waals surface area contributed by atoms with E-state index in [0.717, 1.165) is 35.6 Å². The van der Waals surface area contributed by atoms with Crippen molar-refractivity contribution < 1.29 is 18.8 Å². The lowest BCUT2D eigenvalue weighted by Gasteiger charge is -2.34. The van der Waals surface area contributed by atoms with Crippen molar-refractivity contribution in [1.82, 2.24) is 0 Å². The Bertz CT molecular complexity index is 476. The van der Waals surface area contributed by atoms with Crippen LogP contribution in [0, 0.1) is 0 Å². The number of rotatable bonds is 6. The molecule has 2 rings (SSSR count). The number of hydrogen-bond acceptors (Lipinski definition) is 3. The number of benzene rings is 1. The van der Waals surface area contributed by atoms with E-state index in [1.54, 1.807) is 6.07 Å². The summed E-state index contributed by atoms with van der Waals surface area (Å²) in [5.74, 6) is 1.45. The summed E-state index contributed by atoms with van der Waals surface area (Å²) in [5.41, 5.74) is 0.751. The van der Waals surface area contributed by atoms with E-state index in [1.165, 1.54) is 0 Å². The Morgan fingerprint density at radius 2 is 1.80 bits per heavy atom. The van der Waals surface area contributed by atoms with Crippen molar-refractivity contribution in [1.29, 1.82) is 0 Å². The Labute approximate surface area is 120 Å². The molecule has 0 aliphatic carbocycles. The highest BCUT2D eigenvalue weighted by atomic mass is 16.7. The maximum Gasteiger partial charge on any atom is 0.279 e. The van der Waals surface area contributed by atoms with Crippen molar-refractivity contribution in [2.24, 2.45) is 0 Å². The van der Waals surface area contributed by atoms with Crippen LogP contribution in [-0.2, 0) is 4.79 Å². The van der Waals surface area contributed by atoms with Gasteiger partial charge < -0.3 is 19.3 Å². The molecule has 0 saturated carbocycles. The SMILES string of the molecule is CC[N+](CC)(CC)CC(=O)Nc1ccc2c(c1)OCO2. The van der Waals surface area contributed by atoms with E-state index in [1.807, 2.05) is 12.1 Å². The predicted molar refractivity (Wildman–Crippen MR) is 77.9 cm³/mol. The van der Waals surface area contributed by atoms with E-state index in [9.17, 15) is 4.79 Å². The molecule has 110 valence electrons. The quantitative estimate of drug-likeness (QED) is 0.812. The van der Waals surface area contributed by atoms with Crippen LogP contribution in [0.4, 0.5) is 5.69 Å². The van der Waals surface area contributed by atoms with Crippen molar-refractivity contribution >= 4 is 11.6 Å². The standard InChI is InChI=1S/C15H22N2O3/c1-4-17(5-2,6-3)10-15(18)16-12-7-8-13-14(9-12)20-11-19-13/h7-9H,4-6,10-11H2,1-3H3/p+1. The molecule has 5 heteroatoms. The number of hydrogen-bond donors (Lipinski definition) is 1. The zero-order chi connectivity index (χ0) is 14.6. The van der Waals surface area contributed by atoms with Crippen LogP contribution in [0.3, 0.4) is 0 Å². The Balaban J connectivity index is 2.01. The van der Waals surface area contributed by atoms with Crippen LogP contribution in [0.5, 0.6) is 11.5 Å². The number of fused-ring (bicyclic) bond motifs is 1. The van der Waals surface area contributed by atoms with E-state index in [0.29, 0.717) is 12.3 Å². The minimum absolute atomic E-state index is 0.0365. The zero-order valence-corrected chi connectivity index (χ0v) is 12.4. The van der Waals surface area contributed by atoms with E-state index < -0.39 is 0 Å². The van der Waals surface area contributed by atoms with Crippen molar-refractivity contribution in [3.8, 4) is 11.5 Å². The van der Waals surface area contributed by atoms with Gasteiger partial charge >= 0.3 is 0 Å². The number of carbonyl (C=O) groups is 1. The van der Waals surface area contributed by atoms with Gasteiger partial charge in [0.2, 0.25) is 6.79 Å². The third-order valence-electron chi connectivity index (χ3n) is 4.15. The van der Waals surface area contributed by atoms with Crippen molar-refractivity contribution in [2.45, 2.75) is 20.8 Å². The number of ether oxygens (including phenoxy) is 2. The van der Waals surface area contributed by atoms with E-state index in [4.69, 9.17) is 9.47 Å². The van der Waals surface area contributed by atoms with Crippen molar-refractivity contribution in [3.05, 3.63) is 18.2 Å². The average Bonchev–Trinajstić information content (AvgIpc) is 2.92. The molecule has 5 nitrogen and oxygen atoms in total. The summed E-state index contributed by atoms with van der Waals surface area (Å²) in [5, 5.41) is 2.94. The molecule has 0 aromatic heterocycles. The second kappa shape index (κ2) is 6.13. The lowest BCUT2D eigenvalue weighted by molar-refractivity contribution is -0.915. The molecule has 0 saturated heterocycles. The van der Waals surface area contributed by atoms with E-state index in [-0.39, 0.29) is 12.7 Å².